The normalized spacial score (nSPS) is 14.1. The summed E-state index contributed by atoms with van der Waals surface area (Å²) < 4.78 is 28.4. The molecule has 0 fully saturated rings. The minimum Gasteiger partial charge on any atom is -0.381 e. The summed E-state index contributed by atoms with van der Waals surface area (Å²) in [6.45, 7) is 5.98. The van der Waals surface area contributed by atoms with Crippen LogP contribution in [0.25, 0.3) is 0 Å². The lowest BCUT2D eigenvalue weighted by Crippen LogP contribution is -2.37. The number of aryl methyl sites for hydroxylation is 1. The SMILES string of the molecule is CCC(CC)C(C)NS(=O)(=O)c1cn(C)nc1N. The number of anilines is 1. The molecule has 3 N–H and O–H groups in total. The lowest BCUT2D eigenvalue weighted by Gasteiger charge is -2.22. The third-order valence-corrected chi connectivity index (χ3v) is 4.78. The average molecular weight is 274 g/mol. The minimum atomic E-state index is -3.59. The molecule has 0 radical (unpaired) electrons. The van der Waals surface area contributed by atoms with Gasteiger partial charge in [0, 0.05) is 19.3 Å². The second kappa shape index (κ2) is 5.71. The predicted molar refractivity (Wildman–Crippen MR) is 71.5 cm³/mol. The summed E-state index contributed by atoms with van der Waals surface area (Å²) in [7, 11) is -1.95. The van der Waals surface area contributed by atoms with Crippen molar-refractivity contribution >= 4 is 15.8 Å². The molecule has 1 aromatic rings. The zero-order valence-corrected chi connectivity index (χ0v) is 12.2. The lowest BCUT2D eigenvalue weighted by atomic mass is 9.96. The van der Waals surface area contributed by atoms with Crippen LogP contribution in [0.3, 0.4) is 0 Å². The Balaban J connectivity index is 2.92. The van der Waals surface area contributed by atoms with Crippen molar-refractivity contribution < 1.29 is 8.42 Å². The van der Waals surface area contributed by atoms with Crippen molar-refractivity contribution in [3.63, 3.8) is 0 Å². The first kappa shape index (κ1) is 15.0. The van der Waals surface area contributed by atoms with Crippen LogP contribution in [0.4, 0.5) is 5.82 Å². The molecule has 0 saturated carbocycles. The number of nitrogens with one attached hydrogen (secondary N) is 1. The molecule has 7 heteroatoms. The maximum atomic E-state index is 12.2. The van der Waals surface area contributed by atoms with E-state index in [1.54, 1.807) is 7.05 Å². The van der Waals surface area contributed by atoms with Crippen molar-refractivity contribution in [1.82, 2.24) is 14.5 Å². The summed E-state index contributed by atoms with van der Waals surface area (Å²) in [6.07, 6.45) is 3.28. The average Bonchev–Trinajstić information content (AvgIpc) is 2.59. The number of nitrogen functional groups attached to an aromatic ring is 1. The van der Waals surface area contributed by atoms with E-state index in [2.05, 4.69) is 23.7 Å². The summed E-state index contributed by atoms with van der Waals surface area (Å²) >= 11 is 0. The molecule has 6 nitrogen and oxygen atoms in total. The highest BCUT2D eigenvalue weighted by Crippen LogP contribution is 2.19. The minimum absolute atomic E-state index is 0.0294. The zero-order chi connectivity index (χ0) is 13.9. The molecule has 0 spiro atoms. The number of aromatic nitrogens is 2. The van der Waals surface area contributed by atoms with Crippen LogP contribution in [0, 0.1) is 5.92 Å². The van der Waals surface area contributed by atoms with Crippen LogP contribution in [-0.4, -0.2) is 24.2 Å². The predicted octanol–water partition coefficient (Wildman–Crippen LogP) is 1.11. The topological polar surface area (TPSA) is 90.0 Å². The molecule has 1 heterocycles. The first-order valence-electron chi connectivity index (χ1n) is 6.13. The van der Waals surface area contributed by atoms with Crippen LogP contribution in [0.5, 0.6) is 0 Å². The van der Waals surface area contributed by atoms with Crippen molar-refractivity contribution in [2.75, 3.05) is 5.73 Å². The van der Waals surface area contributed by atoms with Gasteiger partial charge in [-0.1, -0.05) is 26.7 Å². The molecule has 0 aromatic carbocycles. The highest BCUT2D eigenvalue weighted by Gasteiger charge is 2.25. The van der Waals surface area contributed by atoms with Gasteiger partial charge in [-0.2, -0.15) is 5.10 Å². The van der Waals surface area contributed by atoms with Gasteiger partial charge in [0.05, 0.1) is 0 Å². The Bertz CT molecular complexity index is 491. The number of hydrogen-bond donors (Lipinski definition) is 2. The Morgan fingerprint density at radius 2 is 2.00 bits per heavy atom. The molecule has 1 unspecified atom stereocenters. The number of nitrogens with two attached hydrogens (primary N) is 1. The van der Waals surface area contributed by atoms with Gasteiger partial charge in [-0.3, -0.25) is 4.68 Å². The molecule has 0 amide bonds. The Labute approximate surface area is 109 Å². The van der Waals surface area contributed by atoms with Gasteiger partial charge in [-0.05, 0) is 12.8 Å². The van der Waals surface area contributed by atoms with Crippen LogP contribution in [-0.2, 0) is 17.1 Å². The van der Waals surface area contributed by atoms with Gasteiger partial charge < -0.3 is 5.73 Å². The Morgan fingerprint density at radius 3 is 2.39 bits per heavy atom. The number of sulfonamides is 1. The second-order valence-electron chi connectivity index (χ2n) is 4.54. The van der Waals surface area contributed by atoms with E-state index in [9.17, 15) is 8.42 Å². The molecule has 0 bridgehead atoms. The first-order chi connectivity index (χ1) is 8.31. The van der Waals surface area contributed by atoms with Crippen molar-refractivity contribution in [3.05, 3.63) is 6.20 Å². The molecule has 0 aliphatic heterocycles. The van der Waals surface area contributed by atoms with Crippen LogP contribution in [0.15, 0.2) is 11.1 Å². The summed E-state index contributed by atoms with van der Waals surface area (Å²) in [5.41, 5.74) is 5.59. The van der Waals surface area contributed by atoms with Crippen molar-refractivity contribution in [2.45, 2.75) is 44.6 Å². The van der Waals surface area contributed by atoms with Crippen LogP contribution < -0.4 is 10.5 Å². The fraction of sp³-hybridized carbons (Fsp3) is 0.727. The van der Waals surface area contributed by atoms with Gasteiger partial charge >= 0.3 is 0 Å². The molecule has 104 valence electrons. The molecule has 0 saturated heterocycles. The smallest absolute Gasteiger partial charge is 0.246 e. The molecular formula is C11H22N4O2S. The molecule has 0 aliphatic carbocycles. The van der Waals surface area contributed by atoms with E-state index in [4.69, 9.17) is 5.73 Å². The van der Waals surface area contributed by atoms with E-state index >= 15 is 0 Å². The van der Waals surface area contributed by atoms with E-state index in [1.165, 1.54) is 10.9 Å². The molecule has 0 aliphatic rings. The summed E-state index contributed by atoms with van der Waals surface area (Å²) in [6, 6.07) is -0.121. The molecule has 1 rings (SSSR count). The van der Waals surface area contributed by atoms with Gasteiger partial charge in [0.15, 0.2) is 5.82 Å². The third-order valence-electron chi connectivity index (χ3n) is 3.21. The largest absolute Gasteiger partial charge is 0.381 e. The third kappa shape index (κ3) is 3.23. The Kier molecular flexibility index (Phi) is 4.75. The summed E-state index contributed by atoms with van der Waals surface area (Å²) in [4.78, 5) is 0.0443. The first-order valence-corrected chi connectivity index (χ1v) is 7.61. The highest BCUT2D eigenvalue weighted by atomic mass is 32.2. The van der Waals surface area contributed by atoms with E-state index in [0.29, 0.717) is 5.92 Å². The van der Waals surface area contributed by atoms with Crippen LogP contribution >= 0.6 is 0 Å². The molecular weight excluding hydrogens is 252 g/mol. The number of hydrogen-bond acceptors (Lipinski definition) is 4. The fourth-order valence-corrected chi connectivity index (χ4v) is 3.51. The maximum absolute atomic E-state index is 12.2. The number of rotatable bonds is 6. The van der Waals surface area contributed by atoms with Crippen LogP contribution in [0.1, 0.15) is 33.6 Å². The van der Waals surface area contributed by atoms with Crippen LogP contribution in [0.2, 0.25) is 0 Å². The molecule has 1 atom stereocenters. The van der Waals surface area contributed by atoms with Crippen molar-refractivity contribution in [3.8, 4) is 0 Å². The Hall–Kier alpha value is -1.08. The quantitative estimate of drug-likeness (QED) is 0.813. The van der Waals surface area contributed by atoms with Gasteiger partial charge in [0.1, 0.15) is 4.90 Å². The maximum Gasteiger partial charge on any atom is 0.246 e. The summed E-state index contributed by atoms with van der Waals surface area (Å²) in [5, 5.41) is 3.85. The van der Waals surface area contributed by atoms with Gasteiger partial charge in [0.2, 0.25) is 10.0 Å². The molecule has 1 aromatic heterocycles. The van der Waals surface area contributed by atoms with E-state index in [1.807, 2.05) is 6.92 Å². The second-order valence-corrected chi connectivity index (χ2v) is 6.22. The van der Waals surface area contributed by atoms with Crippen molar-refractivity contribution in [1.29, 1.82) is 0 Å². The summed E-state index contributed by atoms with van der Waals surface area (Å²) in [5.74, 6) is 0.347. The van der Waals surface area contributed by atoms with Gasteiger partial charge in [-0.15, -0.1) is 0 Å². The van der Waals surface area contributed by atoms with Crippen molar-refractivity contribution in [2.24, 2.45) is 13.0 Å². The number of nitrogens with zero attached hydrogens (tertiary/aromatic N) is 2. The standard InChI is InChI=1S/C11H22N4O2S/c1-5-9(6-2)8(3)14-18(16,17)10-7-15(4)13-11(10)12/h7-9,14H,5-6H2,1-4H3,(H2,12,13). The van der Waals surface area contributed by atoms with E-state index in [0.717, 1.165) is 12.8 Å². The highest BCUT2D eigenvalue weighted by molar-refractivity contribution is 7.89. The van der Waals surface area contributed by atoms with E-state index < -0.39 is 10.0 Å². The van der Waals surface area contributed by atoms with E-state index in [-0.39, 0.29) is 16.8 Å². The van der Waals surface area contributed by atoms with Gasteiger partial charge in [0.25, 0.3) is 0 Å². The molecule has 18 heavy (non-hydrogen) atoms. The Morgan fingerprint density at radius 1 is 1.44 bits per heavy atom. The monoisotopic (exact) mass is 274 g/mol. The fourth-order valence-electron chi connectivity index (χ4n) is 2.09. The zero-order valence-electron chi connectivity index (χ0n) is 11.3. The lowest BCUT2D eigenvalue weighted by molar-refractivity contribution is 0.391. The van der Waals surface area contributed by atoms with Gasteiger partial charge in [-0.25, -0.2) is 13.1 Å².